The largest absolute Gasteiger partial charge is 0.351 e. The summed E-state index contributed by atoms with van der Waals surface area (Å²) in [4.78, 5) is 14.3. The van der Waals surface area contributed by atoms with Gasteiger partial charge in [0.15, 0.2) is 11.5 Å². The summed E-state index contributed by atoms with van der Waals surface area (Å²) in [6, 6.07) is 19.2. The molecule has 1 aromatic heterocycles. The van der Waals surface area contributed by atoms with Gasteiger partial charge >= 0.3 is 0 Å². The van der Waals surface area contributed by atoms with E-state index in [0.717, 1.165) is 6.54 Å². The Morgan fingerprint density at radius 3 is 2.50 bits per heavy atom. The van der Waals surface area contributed by atoms with Crippen LogP contribution < -0.4 is 10.2 Å². The second-order valence-corrected chi connectivity index (χ2v) is 5.74. The summed E-state index contributed by atoms with van der Waals surface area (Å²) in [5.41, 5.74) is 1.72. The highest BCUT2D eigenvalue weighted by atomic mass is 19.1. The van der Waals surface area contributed by atoms with Crippen LogP contribution in [0, 0.1) is 5.82 Å². The van der Waals surface area contributed by atoms with Crippen LogP contribution in [0.1, 0.15) is 23.0 Å². The smallest absolute Gasteiger partial charge is 0.276 e. The monoisotopic (exact) mass is 350 g/mol. The minimum atomic E-state index is -0.430. The van der Waals surface area contributed by atoms with Crippen molar-refractivity contribution in [2.45, 2.75) is 13.5 Å². The molecule has 3 aromatic rings. The number of amides is 1. The SMILES string of the molecule is CCN(Cc1ccccc1)c1ccc(C(=O)Nc2cccc(F)c2)nn1. The molecule has 1 amide bonds. The molecule has 1 N–H and O–H groups in total. The predicted molar refractivity (Wildman–Crippen MR) is 99.6 cm³/mol. The van der Waals surface area contributed by atoms with Crippen LogP contribution in [0.25, 0.3) is 0 Å². The molecule has 0 spiro atoms. The minimum absolute atomic E-state index is 0.175. The molecule has 26 heavy (non-hydrogen) atoms. The van der Waals surface area contributed by atoms with E-state index in [4.69, 9.17) is 0 Å². The Morgan fingerprint density at radius 1 is 1.04 bits per heavy atom. The highest BCUT2D eigenvalue weighted by Crippen LogP contribution is 2.15. The number of nitrogens with one attached hydrogen (secondary N) is 1. The summed E-state index contributed by atoms with van der Waals surface area (Å²) >= 11 is 0. The molecule has 0 radical (unpaired) electrons. The molecule has 132 valence electrons. The Labute approximate surface area is 151 Å². The number of nitrogens with zero attached hydrogens (tertiary/aromatic N) is 3. The highest BCUT2D eigenvalue weighted by molar-refractivity contribution is 6.02. The van der Waals surface area contributed by atoms with Crippen LogP contribution in [0.2, 0.25) is 0 Å². The topological polar surface area (TPSA) is 58.1 Å². The molecule has 3 rings (SSSR count). The lowest BCUT2D eigenvalue weighted by molar-refractivity contribution is 0.102. The van der Waals surface area contributed by atoms with E-state index < -0.39 is 11.7 Å². The van der Waals surface area contributed by atoms with Gasteiger partial charge in [-0.05, 0) is 42.8 Å². The summed E-state index contributed by atoms with van der Waals surface area (Å²) in [7, 11) is 0. The van der Waals surface area contributed by atoms with Gasteiger partial charge in [0.2, 0.25) is 0 Å². The average Bonchev–Trinajstić information content (AvgIpc) is 2.67. The maximum Gasteiger partial charge on any atom is 0.276 e. The van der Waals surface area contributed by atoms with Crippen molar-refractivity contribution in [2.75, 3.05) is 16.8 Å². The van der Waals surface area contributed by atoms with Gasteiger partial charge in [0, 0.05) is 18.8 Å². The van der Waals surface area contributed by atoms with Crippen molar-refractivity contribution in [3.63, 3.8) is 0 Å². The Balaban J connectivity index is 1.69. The maximum atomic E-state index is 13.2. The third-order valence-corrected chi connectivity index (χ3v) is 3.89. The first-order valence-electron chi connectivity index (χ1n) is 8.35. The lowest BCUT2D eigenvalue weighted by Gasteiger charge is -2.21. The van der Waals surface area contributed by atoms with Crippen molar-refractivity contribution in [3.05, 3.63) is 83.8 Å². The number of benzene rings is 2. The predicted octanol–water partition coefficient (Wildman–Crippen LogP) is 3.89. The van der Waals surface area contributed by atoms with E-state index in [2.05, 4.69) is 32.5 Å². The van der Waals surface area contributed by atoms with Crippen LogP contribution >= 0.6 is 0 Å². The zero-order valence-corrected chi connectivity index (χ0v) is 14.4. The van der Waals surface area contributed by atoms with Crippen molar-refractivity contribution < 1.29 is 9.18 Å². The molecule has 5 nitrogen and oxygen atoms in total. The molecule has 0 unspecified atom stereocenters. The number of hydrogen-bond acceptors (Lipinski definition) is 4. The summed E-state index contributed by atoms with van der Waals surface area (Å²) in [5.74, 6) is -0.150. The maximum absolute atomic E-state index is 13.2. The Hall–Kier alpha value is -3.28. The quantitative estimate of drug-likeness (QED) is 0.733. The summed E-state index contributed by atoms with van der Waals surface area (Å²) < 4.78 is 13.2. The molecule has 0 atom stereocenters. The van der Waals surface area contributed by atoms with Gasteiger partial charge in [-0.15, -0.1) is 10.2 Å². The molecule has 0 aliphatic heterocycles. The number of halogens is 1. The molecule has 0 aliphatic carbocycles. The molecular formula is C20H19FN4O. The fraction of sp³-hybridized carbons (Fsp3) is 0.150. The van der Waals surface area contributed by atoms with Gasteiger partial charge < -0.3 is 10.2 Å². The molecule has 0 saturated carbocycles. The lowest BCUT2D eigenvalue weighted by Crippen LogP contribution is -2.24. The molecule has 2 aromatic carbocycles. The van der Waals surface area contributed by atoms with Crippen molar-refractivity contribution in [3.8, 4) is 0 Å². The first-order valence-corrected chi connectivity index (χ1v) is 8.35. The second kappa shape index (κ2) is 8.20. The van der Waals surface area contributed by atoms with Crippen LogP contribution in [-0.4, -0.2) is 22.6 Å². The highest BCUT2D eigenvalue weighted by Gasteiger charge is 2.12. The van der Waals surface area contributed by atoms with E-state index in [0.29, 0.717) is 18.1 Å². The summed E-state index contributed by atoms with van der Waals surface area (Å²) in [6.45, 7) is 3.51. The molecule has 1 heterocycles. The normalized spacial score (nSPS) is 10.4. The number of anilines is 2. The van der Waals surface area contributed by atoms with Gasteiger partial charge in [-0.25, -0.2) is 4.39 Å². The number of hydrogen-bond donors (Lipinski definition) is 1. The molecular weight excluding hydrogens is 331 g/mol. The van der Waals surface area contributed by atoms with E-state index in [1.165, 1.54) is 23.8 Å². The Kier molecular flexibility index (Phi) is 5.53. The van der Waals surface area contributed by atoms with Gasteiger partial charge in [-0.3, -0.25) is 4.79 Å². The van der Waals surface area contributed by atoms with E-state index in [1.807, 2.05) is 25.1 Å². The standard InChI is InChI=1S/C20H19FN4O/c1-2-25(14-15-7-4-3-5-8-15)19-12-11-18(23-24-19)20(26)22-17-10-6-9-16(21)13-17/h3-13H,2,14H2,1H3,(H,22,26). The molecule has 0 bridgehead atoms. The van der Waals surface area contributed by atoms with Crippen LogP contribution in [0.15, 0.2) is 66.7 Å². The third-order valence-electron chi connectivity index (χ3n) is 3.89. The average molecular weight is 350 g/mol. The minimum Gasteiger partial charge on any atom is -0.351 e. The number of carbonyl (C=O) groups is 1. The number of aromatic nitrogens is 2. The zero-order valence-electron chi connectivity index (χ0n) is 14.4. The van der Waals surface area contributed by atoms with Gasteiger partial charge in [0.05, 0.1) is 0 Å². The van der Waals surface area contributed by atoms with Crippen LogP contribution in [0.3, 0.4) is 0 Å². The fourth-order valence-corrected chi connectivity index (χ4v) is 2.53. The van der Waals surface area contributed by atoms with E-state index in [-0.39, 0.29) is 5.69 Å². The van der Waals surface area contributed by atoms with Crippen molar-refractivity contribution in [1.29, 1.82) is 0 Å². The lowest BCUT2D eigenvalue weighted by atomic mass is 10.2. The van der Waals surface area contributed by atoms with E-state index >= 15 is 0 Å². The first kappa shape index (κ1) is 17.5. The van der Waals surface area contributed by atoms with Crippen LogP contribution in [-0.2, 0) is 6.54 Å². The van der Waals surface area contributed by atoms with E-state index in [1.54, 1.807) is 18.2 Å². The molecule has 0 saturated heterocycles. The van der Waals surface area contributed by atoms with Crippen molar-refractivity contribution >= 4 is 17.4 Å². The Morgan fingerprint density at radius 2 is 1.85 bits per heavy atom. The van der Waals surface area contributed by atoms with Gasteiger partial charge in [0.25, 0.3) is 5.91 Å². The van der Waals surface area contributed by atoms with Crippen molar-refractivity contribution in [1.82, 2.24) is 10.2 Å². The number of carbonyl (C=O) groups excluding carboxylic acids is 1. The molecule has 6 heteroatoms. The van der Waals surface area contributed by atoms with Gasteiger partial charge in [-0.1, -0.05) is 36.4 Å². The van der Waals surface area contributed by atoms with Gasteiger partial charge in [-0.2, -0.15) is 0 Å². The second-order valence-electron chi connectivity index (χ2n) is 5.74. The van der Waals surface area contributed by atoms with Gasteiger partial charge in [0.1, 0.15) is 5.82 Å². The van der Waals surface area contributed by atoms with Crippen molar-refractivity contribution in [2.24, 2.45) is 0 Å². The number of rotatable bonds is 6. The van der Waals surface area contributed by atoms with Crippen LogP contribution in [0.5, 0.6) is 0 Å². The zero-order chi connectivity index (χ0) is 18.4. The molecule has 0 fully saturated rings. The Bertz CT molecular complexity index is 868. The fourth-order valence-electron chi connectivity index (χ4n) is 2.53. The third kappa shape index (κ3) is 4.42. The van der Waals surface area contributed by atoms with Crippen LogP contribution in [0.4, 0.5) is 15.9 Å². The van der Waals surface area contributed by atoms with E-state index in [9.17, 15) is 9.18 Å². The first-order chi connectivity index (χ1) is 12.7. The summed E-state index contributed by atoms with van der Waals surface area (Å²) in [5, 5.41) is 10.8. The summed E-state index contributed by atoms with van der Waals surface area (Å²) in [6.07, 6.45) is 0. The molecule has 0 aliphatic rings.